The first-order valence-electron chi connectivity index (χ1n) is 16.5. The van der Waals surface area contributed by atoms with E-state index in [1.807, 2.05) is 106 Å². The molecule has 0 aliphatic carbocycles. The maximum atomic E-state index is 14.3. The summed E-state index contributed by atoms with van der Waals surface area (Å²) in [5.41, 5.74) is 0.0384. The van der Waals surface area contributed by atoms with E-state index < -0.39 is 15.7 Å². The van der Waals surface area contributed by atoms with Gasteiger partial charge >= 0.3 is 0 Å². The molecule has 0 aliphatic rings. The summed E-state index contributed by atoms with van der Waals surface area (Å²) in [6.07, 6.45) is 0.190. The third-order valence-corrected chi connectivity index (χ3v) is 10.0. The fourth-order valence-corrected chi connectivity index (χ4v) is 7.50. The summed E-state index contributed by atoms with van der Waals surface area (Å²) < 4.78 is 29.8. The standard InChI is InChI=1S/C38H48N4O5S/c1-29(2)28-42(48(46,47)35-19-18-33-16-10-11-17-34(33)23-35)38(45,24-31-12-6-4-7-13-31)20-21-40-36(43)22-30(3)25-41-37(44)27-39-26-32-14-8-5-9-15-32/h4-19,23,29-30,39,45H,20-22,24-28H2,1-3H3,(H,40,43)(H,41,44). The number of nitrogens with one attached hydrogen (secondary N) is 3. The quantitative estimate of drug-likeness (QED) is 0.112. The fraction of sp³-hybridized carbons (Fsp3) is 0.368. The number of nitrogens with zero attached hydrogens (tertiary/aromatic N) is 1. The molecule has 4 N–H and O–H groups in total. The van der Waals surface area contributed by atoms with Gasteiger partial charge < -0.3 is 21.1 Å². The van der Waals surface area contributed by atoms with Gasteiger partial charge in [-0.2, -0.15) is 4.31 Å². The topological polar surface area (TPSA) is 128 Å². The second-order valence-electron chi connectivity index (χ2n) is 12.9. The zero-order valence-corrected chi connectivity index (χ0v) is 28.9. The number of sulfonamides is 1. The number of benzene rings is 4. The van der Waals surface area contributed by atoms with Crippen LogP contribution in [-0.4, -0.2) is 61.5 Å². The highest BCUT2D eigenvalue weighted by Crippen LogP contribution is 2.31. The molecule has 2 amide bonds. The Bertz CT molecular complexity index is 1730. The van der Waals surface area contributed by atoms with Crippen molar-refractivity contribution in [3.63, 3.8) is 0 Å². The van der Waals surface area contributed by atoms with Crippen molar-refractivity contribution in [1.82, 2.24) is 20.3 Å². The normalized spacial score (nSPS) is 13.7. The number of fused-ring (bicyclic) bond motifs is 1. The Morgan fingerprint density at radius 2 is 1.42 bits per heavy atom. The third-order valence-electron chi connectivity index (χ3n) is 8.12. The lowest BCUT2D eigenvalue weighted by molar-refractivity contribution is -0.124. The van der Waals surface area contributed by atoms with Gasteiger partial charge in [-0.05, 0) is 45.9 Å². The smallest absolute Gasteiger partial charge is 0.245 e. The summed E-state index contributed by atoms with van der Waals surface area (Å²) in [6.45, 7) is 6.94. The second-order valence-corrected chi connectivity index (χ2v) is 14.7. The van der Waals surface area contributed by atoms with Crippen LogP contribution < -0.4 is 16.0 Å². The van der Waals surface area contributed by atoms with Crippen molar-refractivity contribution >= 4 is 32.6 Å². The molecule has 256 valence electrons. The lowest BCUT2D eigenvalue weighted by atomic mass is 9.98. The third kappa shape index (κ3) is 10.7. The van der Waals surface area contributed by atoms with Gasteiger partial charge in [-0.3, -0.25) is 9.59 Å². The van der Waals surface area contributed by atoms with Crippen LogP contribution in [0.1, 0.15) is 44.7 Å². The van der Waals surface area contributed by atoms with E-state index in [4.69, 9.17) is 0 Å². The first-order valence-corrected chi connectivity index (χ1v) is 18.0. The van der Waals surface area contributed by atoms with Crippen LogP contribution in [0.15, 0.2) is 108 Å². The average molecular weight is 673 g/mol. The van der Waals surface area contributed by atoms with Crippen molar-refractivity contribution in [3.8, 4) is 0 Å². The van der Waals surface area contributed by atoms with Gasteiger partial charge in [0, 0.05) is 45.4 Å². The molecule has 10 heteroatoms. The van der Waals surface area contributed by atoms with Crippen molar-refractivity contribution in [1.29, 1.82) is 0 Å². The minimum Gasteiger partial charge on any atom is -0.374 e. The lowest BCUT2D eigenvalue weighted by Gasteiger charge is -2.40. The van der Waals surface area contributed by atoms with Crippen LogP contribution in [0.2, 0.25) is 0 Å². The minimum atomic E-state index is -4.15. The molecular weight excluding hydrogens is 625 g/mol. The van der Waals surface area contributed by atoms with Crippen LogP contribution in [0, 0.1) is 11.8 Å². The Balaban J connectivity index is 1.40. The Kier molecular flexibility index (Phi) is 13.3. The summed E-state index contributed by atoms with van der Waals surface area (Å²) in [6, 6.07) is 31.6. The molecule has 0 saturated carbocycles. The summed E-state index contributed by atoms with van der Waals surface area (Å²) >= 11 is 0. The monoisotopic (exact) mass is 672 g/mol. The predicted octanol–water partition coefficient (Wildman–Crippen LogP) is 4.86. The van der Waals surface area contributed by atoms with Crippen molar-refractivity contribution in [2.45, 2.75) is 57.2 Å². The van der Waals surface area contributed by atoms with E-state index in [9.17, 15) is 23.1 Å². The van der Waals surface area contributed by atoms with Gasteiger partial charge in [0.2, 0.25) is 21.8 Å². The summed E-state index contributed by atoms with van der Waals surface area (Å²) in [5, 5.41) is 22.9. The van der Waals surface area contributed by atoms with Crippen molar-refractivity contribution < 1.29 is 23.1 Å². The first kappa shape index (κ1) is 36.7. The summed E-state index contributed by atoms with van der Waals surface area (Å²) in [7, 11) is -4.15. The Morgan fingerprint density at radius 3 is 2.08 bits per heavy atom. The van der Waals surface area contributed by atoms with E-state index in [2.05, 4.69) is 16.0 Å². The lowest BCUT2D eigenvalue weighted by Crippen LogP contribution is -2.55. The maximum Gasteiger partial charge on any atom is 0.245 e. The molecule has 4 aromatic carbocycles. The summed E-state index contributed by atoms with van der Waals surface area (Å²) in [4.78, 5) is 25.3. The van der Waals surface area contributed by atoms with E-state index in [0.717, 1.165) is 21.9 Å². The van der Waals surface area contributed by atoms with E-state index in [1.54, 1.807) is 18.2 Å². The zero-order valence-electron chi connectivity index (χ0n) is 28.1. The largest absolute Gasteiger partial charge is 0.374 e. The zero-order chi connectivity index (χ0) is 34.6. The Morgan fingerprint density at radius 1 is 0.792 bits per heavy atom. The fourth-order valence-electron chi connectivity index (χ4n) is 5.63. The number of amides is 2. The number of hydrogen-bond acceptors (Lipinski definition) is 6. The van der Waals surface area contributed by atoms with Crippen LogP contribution in [0.3, 0.4) is 0 Å². The second kappa shape index (κ2) is 17.3. The SMILES string of the molecule is CC(C)CN(C(O)(CCNC(=O)CC(C)CNC(=O)CNCc1ccccc1)Cc1ccccc1)S(=O)(=O)c1ccc2ccccc2c1. The van der Waals surface area contributed by atoms with Gasteiger partial charge in [0.05, 0.1) is 11.4 Å². The number of carbonyl (C=O) groups excluding carboxylic acids is 2. The maximum absolute atomic E-state index is 14.3. The molecule has 0 bridgehead atoms. The molecule has 48 heavy (non-hydrogen) atoms. The number of rotatable bonds is 18. The molecule has 0 radical (unpaired) electrons. The molecule has 0 aliphatic heterocycles. The van der Waals surface area contributed by atoms with Gasteiger partial charge in [0.1, 0.15) is 5.72 Å². The van der Waals surface area contributed by atoms with Crippen LogP contribution >= 0.6 is 0 Å². The van der Waals surface area contributed by atoms with E-state index in [-0.39, 0.29) is 67.4 Å². The van der Waals surface area contributed by atoms with Crippen LogP contribution in [0.5, 0.6) is 0 Å². The number of aliphatic hydroxyl groups is 1. The van der Waals surface area contributed by atoms with Crippen molar-refractivity contribution in [3.05, 3.63) is 114 Å². The predicted molar refractivity (Wildman–Crippen MR) is 190 cm³/mol. The number of hydrogen-bond donors (Lipinski definition) is 4. The molecular formula is C38H48N4O5S. The molecule has 0 aromatic heterocycles. The van der Waals surface area contributed by atoms with E-state index in [1.165, 1.54) is 4.31 Å². The van der Waals surface area contributed by atoms with Crippen LogP contribution in [-0.2, 0) is 32.6 Å². The highest BCUT2D eigenvalue weighted by molar-refractivity contribution is 7.89. The molecule has 0 fully saturated rings. The molecule has 2 unspecified atom stereocenters. The Hall–Kier alpha value is -4.09. The first-order chi connectivity index (χ1) is 23.0. The average Bonchev–Trinajstić information content (AvgIpc) is 3.06. The van der Waals surface area contributed by atoms with Gasteiger partial charge in [-0.15, -0.1) is 0 Å². The van der Waals surface area contributed by atoms with Crippen LogP contribution in [0.25, 0.3) is 10.8 Å². The molecule has 0 heterocycles. The molecule has 9 nitrogen and oxygen atoms in total. The summed E-state index contributed by atoms with van der Waals surface area (Å²) in [5.74, 6) is -0.602. The molecule has 4 aromatic rings. The van der Waals surface area contributed by atoms with E-state index in [0.29, 0.717) is 13.1 Å². The minimum absolute atomic E-state index is 0.0225. The molecule has 4 rings (SSSR count). The highest BCUT2D eigenvalue weighted by Gasteiger charge is 2.43. The number of carbonyl (C=O) groups is 2. The van der Waals surface area contributed by atoms with Crippen molar-refractivity contribution in [2.75, 3.05) is 26.2 Å². The van der Waals surface area contributed by atoms with Crippen molar-refractivity contribution in [2.24, 2.45) is 11.8 Å². The molecule has 2 atom stereocenters. The highest BCUT2D eigenvalue weighted by atomic mass is 32.2. The van der Waals surface area contributed by atoms with E-state index >= 15 is 0 Å². The van der Waals surface area contributed by atoms with Gasteiger partial charge in [-0.25, -0.2) is 8.42 Å². The van der Waals surface area contributed by atoms with Gasteiger partial charge in [0.25, 0.3) is 0 Å². The van der Waals surface area contributed by atoms with Crippen LogP contribution in [0.4, 0.5) is 0 Å². The molecule has 0 spiro atoms. The van der Waals surface area contributed by atoms with Gasteiger partial charge in [0.15, 0.2) is 0 Å². The molecule has 0 saturated heterocycles. The Labute approximate surface area is 284 Å². The van der Waals surface area contributed by atoms with Gasteiger partial charge in [-0.1, -0.05) is 112 Å².